The van der Waals surface area contributed by atoms with Gasteiger partial charge in [0, 0.05) is 31.5 Å². The molecule has 1 atom stereocenters. The van der Waals surface area contributed by atoms with Crippen molar-refractivity contribution < 1.29 is 19.2 Å². The van der Waals surface area contributed by atoms with Gasteiger partial charge in [-0.3, -0.25) is 9.78 Å². The van der Waals surface area contributed by atoms with E-state index in [1.807, 2.05) is 19.1 Å². The first-order valence-corrected chi connectivity index (χ1v) is 8.07. The van der Waals surface area contributed by atoms with Crippen molar-refractivity contribution in [2.45, 2.75) is 26.4 Å². The van der Waals surface area contributed by atoms with E-state index in [4.69, 9.17) is 9.26 Å². The number of carbonyl (C=O) groups is 1. The fourth-order valence-corrected chi connectivity index (χ4v) is 2.74. The second-order valence-electron chi connectivity index (χ2n) is 6.04. The third-order valence-electron chi connectivity index (χ3n) is 4.11. The van der Waals surface area contributed by atoms with Crippen LogP contribution in [-0.4, -0.2) is 45.8 Å². The van der Waals surface area contributed by atoms with Crippen LogP contribution in [0.2, 0.25) is 0 Å². The van der Waals surface area contributed by atoms with Crippen LogP contribution >= 0.6 is 0 Å². The van der Waals surface area contributed by atoms with E-state index in [-0.39, 0.29) is 30.7 Å². The zero-order valence-corrected chi connectivity index (χ0v) is 13.6. The number of aryl methyl sites for hydroxylation is 1. The van der Waals surface area contributed by atoms with E-state index in [1.165, 1.54) is 0 Å². The molecule has 1 fully saturated rings. The van der Waals surface area contributed by atoms with Crippen LogP contribution in [0.1, 0.15) is 34.8 Å². The lowest BCUT2D eigenvalue weighted by molar-refractivity contribution is 0.0610. The number of aromatic nitrogens is 2. The van der Waals surface area contributed by atoms with Crippen LogP contribution in [-0.2, 0) is 6.61 Å². The van der Waals surface area contributed by atoms with Crippen LogP contribution in [0.3, 0.4) is 0 Å². The Balaban J connectivity index is 1.58. The molecule has 0 bridgehead atoms. The Labute approximate surface area is 140 Å². The molecular weight excluding hydrogens is 310 g/mol. The fraction of sp³-hybridized carbons (Fsp3) is 0.471. The van der Waals surface area contributed by atoms with Crippen LogP contribution in [0.4, 0.5) is 0 Å². The molecule has 3 rings (SSSR count). The second-order valence-corrected chi connectivity index (χ2v) is 6.04. The van der Waals surface area contributed by atoms with Gasteiger partial charge in [-0.05, 0) is 37.8 Å². The van der Waals surface area contributed by atoms with Gasteiger partial charge in [0.05, 0.1) is 6.20 Å². The summed E-state index contributed by atoms with van der Waals surface area (Å²) in [6, 6.07) is 5.29. The molecule has 7 heteroatoms. The van der Waals surface area contributed by atoms with Crippen LogP contribution in [0.25, 0.3) is 0 Å². The number of rotatable bonds is 5. The van der Waals surface area contributed by atoms with Gasteiger partial charge < -0.3 is 19.3 Å². The number of aliphatic hydroxyl groups is 1. The molecule has 1 aliphatic rings. The lowest BCUT2D eigenvalue weighted by atomic mass is 9.99. The first-order valence-electron chi connectivity index (χ1n) is 8.07. The van der Waals surface area contributed by atoms with Gasteiger partial charge in [0.1, 0.15) is 12.4 Å². The zero-order chi connectivity index (χ0) is 16.9. The van der Waals surface area contributed by atoms with Crippen LogP contribution < -0.4 is 4.74 Å². The molecule has 0 aromatic carbocycles. The van der Waals surface area contributed by atoms with E-state index in [0.29, 0.717) is 24.6 Å². The number of likely N-dealkylation sites (tertiary alicyclic amines) is 1. The zero-order valence-electron chi connectivity index (χ0n) is 13.6. The number of nitrogens with zero attached hydrogens (tertiary/aromatic N) is 3. The lowest BCUT2D eigenvalue weighted by Crippen LogP contribution is -2.41. The van der Waals surface area contributed by atoms with Crippen molar-refractivity contribution in [3.63, 3.8) is 0 Å². The highest BCUT2D eigenvalue weighted by Gasteiger charge is 2.26. The molecule has 1 saturated heterocycles. The van der Waals surface area contributed by atoms with Crippen molar-refractivity contribution in [1.29, 1.82) is 0 Å². The summed E-state index contributed by atoms with van der Waals surface area (Å²) < 4.78 is 10.7. The van der Waals surface area contributed by atoms with Crippen molar-refractivity contribution >= 4 is 5.91 Å². The molecule has 128 valence electrons. The molecule has 24 heavy (non-hydrogen) atoms. The van der Waals surface area contributed by atoms with Crippen LogP contribution in [0.15, 0.2) is 28.9 Å². The maximum atomic E-state index is 12.5. The molecule has 0 radical (unpaired) electrons. The Morgan fingerprint density at radius 3 is 3.12 bits per heavy atom. The molecule has 1 aliphatic heterocycles. The topological polar surface area (TPSA) is 88.7 Å². The van der Waals surface area contributed by atoms with E-state index in [9.17, 15) is 9.90 Å². The van der Waals surface area contributed by atoms with Gasteiger partial charge in [0.2, 0.25) is 0 Å². The molecule has 3 heterocycles. The molecule has 0 spiro atoms. The van der Waals surface area contributed by atoms with E-state index in [0.717, 1.165) is 18.5 Å². The molecular formula is C17H21N3O4. The largest absolute Gasteiger partial charge is 0.484 e. The van der Waals surface area contributed by atoms with E-state index >= 15 is 0 Å². The molecule has 7 nitrogen and oxygen atoms in total. The number of aliphatic hydroxyl groups excluding tert-OH is 1. The van der Waals surface area contributed by atoms with Crippen molar-refractivity contribution in [3.8, 4) is 5.75 Å². The monoisotopic (exact) mass is 331 g/mol. The van der Waals surface area contributed by atoms with Gasteiger partial charge in [-0.25, -0.2) is 0 Å². The molecule has 0 saturated carbocycles. The highest BCUT2D eigenvalue weighted by Crippen LogP contribution is 2.19. The summed E-state index contributed by atoms with van der Waals surface area (Å²) >= 11 is 0. The Bertz CT molecular complexity index is 683. The first kappa shape index (κ1) is 16.4. The second kappa shape index (κ2) is 7.44. The standard InChI is InChI=1S/C17H21N3O4/c1-12-4-5-14(8-18-12)23-11-15-7-16(19-24-15)17(22)20-6-2-3-13(9-20)10-21/h4-5,7-8,13,21H,2-3,6,9-11H2,1H3. The quantitative estimate of drug-likeness (QED) is 0.899. The van der Waals surface area contributed by atoms with Gasteiger partial charge >= 0.3 is 0 Å². The molecule has 0 aliphatic carbocycles. The summed E-state index contributed by atoms with van der Waals surface area (Å²) in [6.45, 7) is 3.43. The molecule has 1 N–H and O–H groups in total. The third kappa shape index (κ3) is 3.91. The van der Waals surface area contributed by atoms with Crippen LogP contribution in [0, 0.1) is 12.8 Å². The predicted octanol–water partition coefficient (Wildman–Crippen LogP) is 1.80. The Morgan fingerprint density at radius 1 is 1.50 bits per heavy atom. The number of ether oxygens (including phenoxy) is 1. The normalized spacial score (nSPS) is 17.8. The van der Waals surface area contributed by atoms with Gasteiger partial charge in [-0.15, -0.1) is 0 Å². The van der Waals surface area contributed by atoms with Gasteiger partial charge in [0.25, 0.3) is 5.91 Å². The first-order chi connectivity index (χ1) is 11.7. The smallest absolute Gasteiger partial charge is 0.276 e. The predicted molar refractivity (Wildman–Crippen MR) is 85.5 cm³/mol. The Kier molecular flexibility index (Phi) is 5.10. The Morgan fingerprint density at radius 2 is 2.38 bits per heavy atom. The average molecular weight is 331 g/mol. The summed E-state index contributed by atoms with van der Waals surface area (Å²) in [4.78, 5) is 18.3. The Hall–Kier alpha value is -2.41. The summed E-state index contributed by atoms with van der Waals surface area (Å²) in [6.07, 6.45) is 3.48. The minimum Gasteiger partial charge on any atom is -0.484 e. The summed E-state index contributed by atoms with van der Waals surface area (Å²) in [5, 5.41) is 13.1. The van der Waals surface area contributed by atoms with E-state index < -0.39 is 0 Å². The summed E-state index contributed by atoms with van der Waals surface area (Å²) in [7, 11) is 0. The highest BCUT2D eigenvalue weighted by molar-refractivity contribution is 5.92. The van der Waals surface area contributed by atoms with Gasteiger partial charge in [-0.1, -0.05) is 5.16 Å². The summed E-state index contributed by atoms with van der Waals surface area (Å²) in [5.41, 5.74) is 1.19. The SMILES string of the molecule is Cc1ccc(OCc2cc(C(=O)N3CCCC(CO)C3)no2)cn1. The molecule has 2 aromatic rings. The highest BCUT2D eigenvalue weighted by atomic mass is 16.5. The molecule has 2 aromatic heterocycles. The van der Waals surface area contributed by atoms with Crippen molar-refractivity contribution in [2.75, 3.05) is 19.7 Å². The lowest BCUT2D eigenvalue weighted by Gasteiger charge is -2.31. The number of hydrogen-bond donors (Lipinski definition) is 1. The molecule has 1 unspecified atom stereocenters. The van der Waals surface area contributed by atoms with Crippen LogP contribution in [0.5, 0.6) is 5.75 Å². The number of piperidine rings is 1. The van der Waals surface area contributed by atoms with E-state index in [2.05, 4.69) is 10.1 Å². The maximum absolute atomic E-state index is 12.5. The minimum absolute atomic E-state index is 0.103. The van der Waals surface area contributed by atoms with E-state index in [1.54, 1.807) is 17.2 Å². The number of hydrogen-bond acceptors (Lipinski definition) is 6. The fourth-order valence-electron chi connectivity index (χ4n) is 2.74. The van der Waals surface area contributed by atoms with Gasteiger partial charge in [-0.2, -0.15) is 0 Å². The van der Waals surface area contributed by atoms with Gasteiger partial charge in [0.15, 0.2) is 11.5 Å². The number of amides is 1. The summed E-state index contributed by atoms with van der Waals surface area (Å²) in [5.74, 6) is 1.09. The van der Waals surface area contributed by atoms with Crippen molar-refractivity contribution in [1.82, 2.24) is 15.0 Å². The number of pyridine rings is 1. The van der Waals surface area contributed by atoms with Crippen molar-refractivity contribution in [3.05, 3.63) is 41.5 Å². The maximum Gasteiger partial charge on any atom is 0.276 e. The average Bonchev–Trinajstić information content (AvgIpc) is 3.09. The molecule has 1 amide bonds. The van der Waals surface area contributed by atoms with Crippen molar-refractivity contribution in [2.24, 2.45) is 5.92 Å². The number of carbonyl (C=O) groups excluding carboxylic acids is 1. The minimum atomic E-state index is -0.167. The third-order valence-corrected chi connectivity index (χ3v) is 4.11.